The number of quaternary nitrogens is 1. The summed E-state index contributed by atoms with van der Waals surface area (Å²) in [5.41, 5.74) is 8.03. The second-order valence-corrected chi connectivity index (χ2v) is 5.13. The number of ether oxygens (including phenoxy) is 1. The molecule has 0 aliphatic heterocycles. The maximum Gasteiger partial charge on any atom is 0.338 e. The van der Waals surface area contributed by atoms with E-state index < -0.39 is 0 Å². The Balaban J connectivity index is 0.00000242. The number of esters is 1. The summed E-state index contributed by atoms with van der Waals surface area (Å²) in [6, 6.07) is 17.0. The van der Waals surface area contributed by atoms with Gasteiger partial charge in [-0.2, -0.15) is 0 Å². The van der Waals surface area contributed by atoms with E-state index in [0.717, 1.165) is 13.1 Å². The predicted octanol–water partition coefficient (Wildman–Crippen LogP) is -1.86. The van der Waals surface area contributed by atoms with Crippen molar-refractivity contribution in [3.63, 3.8) is 0 Å². The van der Waals surface area contributed by atoms with Crippen LogP contribution in [0.5, 0.6) is 0 Å². The second kappa shape index (κ2) is 9.07. The van der Waals surface area contributed by atoms with Crippen LogP contribution in [-0.2, 0) is 11.3 Å². The Morgan fingerprint density at radius 1 is 1.09 bits per heavy atom. The van der Waals surface area contributed by atoms with E-state index in [9.17, 15) is 4.79 Å². The predicted molar refractivity (Wildman–Crippen MR) is 83.0 cm³/mol. The number of carbonyl (C=O) groups excluding carboxylic acids is 1. The molecule has 2 aromatic carbocycles. The van der Waals surface area contributed by atoms with E-state index in [1.807, 2.05) is 18.2 Å². The van der Waals surface area contributed by atoms with E-state index in [-0.39, 0.29) is 18.4 Å². The first-order chi connectivity index (χ1) is 10.1. The van der Waals surface area contributed by atoms with Crippen LogP contribution in [-0.4, -0.2) is 26.2 Å². The van der Waals surface area contributed by atoms with Crippen LogP contribution >= 0.6 is 0 Å². The van der Waals surface area contributed by atoms with Crippen molar-refractivity contribution in [2.75, 3.05) is 25.9 Å². The highest BCUT2D eigenvalue weighted by atomic mass is 35.5. The number of benzene rings is 2. The summed E-state index contributed by atoms with van der Waals surface area (Å²) >= 11 is 0. The second-order valence-electron chi connectivity index (χ2n) is 5.13. The molecule has 0 aliphatic rings. The molecule has 0 aromatic heterocycles. The van der Waals surface area contributed by atoms with E-state index in [2.05, 4.69) is 19.2 Å². The van der Waals surface area contributed by atoms with Gasteiger partial charge in [-0.3, -0.25) is 0 Å². The van der Waals surface area contributed by atoms with Crippen LogP contribution in [0.1, 0.15) is 15.9 Å². The van der Waals surface area contributed by atoms with Gasteiger partial charge in [0, 0.05) is 11.3 Å². The van der Waals surface area contributed by atoms with Gasteiger partial charge in [0.1, 0.15) is 19.7 Å². The van der Waals surface area contributed by atoms with Crippen LogP contribution in [0.4, 0.5) is 5.69 Å². The normalized spacial score (nSPS) is 11.3. The molecule has 4 nitrogen and oxygen atoms in total. The van der Waals surface area contributed by atoms with Crippen molar-refractivity contribution >= 4 is 11.7 Å². The number of likely N-dealkylation sites (N-methyl/N-ethyl adjacent to an activating group) is 1. The third kappa shape index (κ3) is 5.76. The van der Waals surface area contributed by atoms with Crippen molar-refractivity contribution in [2.45, 2.75) is 6.54 Å². The first-order valence-corrected chi connectivity index (χ1v) is 7.03. The Morgan fingerprint density at radius 2 is 1.73 bits per heavy atom. The zero-order valence-electron chi connectivity index (χ0n) is 12.6. The molecule has 0 bridgehead atoms. The highest BCUT2D eigenvalue weighted by Gasteiger charge is 2.09. The van der Waals surface area contributed by atoms with E-state index in [0.29, 0.717) is 17.9 Å². The van der Waals surface area contributed by atoms with Crippen LogP contribution in [0.25, 0.3) is 0 Å². The molecule has 0 fully saturated rings. The molecular formula is C17H21ClN2O2. The fourth-order valence-corrected chi connectivity index (χ4v) is 2.05. The van der Waals surface area contributed by atoms with Gasteiger partial charge in [-0.15, -0.1) is 0 Å². The summed E-state index contributed by atoms with van der Waals surface area (Å²) in [5, 5.41) is 0. The zero-order valence-corrected chi connectivity index (χ0v) is 13.3. The minimum atomic E-state index is -0.303. The molecule has 0 radical (unpaired) electrons. The molecule has 3 N–H and O–H groups in total. The molecule has 5 heteroatoms. The molecule has 22 heavy (non-hydrogen) atoms. The molecule has 2 aromatic rings. The lowest BCUT2D eigenvalue weighted by Crippen LogP contribution is -3.08. The summed E-state index contributed by atoms with van der Waals surface area (Å²) in [6.07, 6.45) is 0. The van der Waals surface area contributed by atoms with Gasteiger partial charge in [-0.1, -0.05) is 30.3 Å². The Labute approximate surface area is 137 Å². The van der Waals surface area contributed by atoms with Crippen LogP contribution in [0.3, 0.4) is 0 Å². The smallest absolute Gasteiger partial charge is 0.338 e. The van der Waals surface area contributed by atoms with Gasteiger partial charge >= 0.3 is 5.97 Å². The van der Waals surface area contributed by atoms with Crippen LogP contribution in [0.2, 0.25) is 0 Å². The molecule has 1 unspecified atom stereocenters. The van der Waals surface area contributed by atoms with Crippen molar-refractivity contribution in [3.05, 3.63) is 65.7 Å². The minimum Gasteiger partial charge on any atom is -1.00 e. The van der Waals surface area contributed by atoms with Gasteiger partial charge in [0.15, 0.2) is 0 Å². The first-order valence-electron chi connectivity index (χ1n) is 7.03. The minimum absolute atomic E-state index is 0. The molecule has 0 amide bonds. The molecular weight excluding hydrogens is 300 g/mol. The molecule has 2 rings (SSSR count). The summed E-state index contributed by atoms with van der Waals surface area (Å²) in [7, 11) is 2.09. The summed E-state index contributed by atoms with van der Waals surface area (Å²) < 4.78 is 5.28. The van der Waals surface area contributed by atoms with Crippen molar-refractivity contribution < 1.29 is 26.8 Å². The molecule has 0 saturated carbocycles. The number of hydrogen-bond acceptors (Lipinski definition) is 3. The SMILES string of the molecule is C[NH+](CCOC(=O)c1ccc(N)cc1)Cc1ccccc1.[Cl-]. The third-order valence-electron chi connectivity index (χ3n) is 3.26. The average molecular weight is 321 g/mol. The lowest BCUT2D eigenvalue weighted by atomic mass is 10.2. The number of nitrogens with two attached hydrogens (primary N) is 1. The van der Waals surface area contributed by atoms with Gasteiger partial charge in [0.05, 0.1) is 12.6 Å². The van der Waals surface area contributed by atoms with E-state index in [4.69, 9.17) is 10.5 Å². The van der Waals surface area contributed by atoms with Crippen molar-refractivity contribution in [2.24, 2.45) is 0 Å². The largest absolute Gasteiger partial charge is 1.00 e. The Bertz CT molecular complexity index is 573. The van der Waals surface area contributed by atoms with Gasteiger partial charge in [0.25, 0.3) is 0 Å². The van der Waals surface area contributed by atoms with Crippen molar-refractivity contribution in [1.82, 2.24) is 0 Å². The number of carbonyl (C=O) groups is 1. The number of anilines is 1. The standard InChI is InChI=1S/C17H20N2O2.ClH/c1-19(13-14-5-3-2-4-6-14)11-12-21-17(20)15-7-9-16(18)10-8-15;/h2-10H,11-13,18H2,1H3;1H. The zero-order chi connectivity index (χ0) is 15.1. The van der Waals surface area contributed by atoms with E-state index >= 15 is 0 Å². The van der Waals surface area contributed by atoms with Gasteiger partial charge in [-0.05, 0) is 24.3 Å². The van der Waals surface area contributed by atoms with Crippen molar-refractivity contribution in [1.29, 1.82) is 0 Å². The first kappa shape index (κ1) is 18.0. The van der Waals surface area contributed by atoms with Gasteiger partial charge < -0.3 is 27.8 Å². The number of nitrogen functional groups attached to an aromatic ring is 1. The number of nitrogens with one attached hydrogen (secondary N) is 1. The molecule has 118 valence electrons. The van der Waals surface area contributed by atoms with Crippen molar-refractivity contribution in [3.8, 4) is 0 Å². The third-order valence-corrected chi connectivity index (χ3v) is 3.26. The molecule has 0 aliphatic carbocycles. The molecule has 0 heterocycles. The fourth-order valence-electron chi connectivity index (χ4n) is 2.05. The average Bonchev–Trinajstić information content (AvgIpc) is 2.49. The summed E-state index contributed by atoms with van der Waals surface area (Å²) in [5.74, 6) is -0.303. The lowest BCUT2D eigenvalue weighted by Gasteiger charge is -2.14. The lowest BCUT2D eigenvalue weighted by molar-refractivity contribution is -0.893. The van der Waals surface area contributed by atoms with Gasteiger partial charge in [0.2, 0.25) is 0 Å². The number of hydrogen-bond donors (Lipinski definition) is 2. The maximum atomic E-state index is 11.8. The van der Waals surface area contributed by atoms with Gasteiger partial charge in [-0.25, -0.2) is 4.79 Å². The van der Waals surface area contributed by atoms with Crippen LogP contribution in [0, 0.1) is 0 Å². The quantitative estimate of drug-likeness (QED) is 0.485. The number of rotatable bonds is 6. The Hall–Kier alpha value is -2.04. The summed E-state index contributed by atoms with van der Waals surface area (Å²) in [6.45, 7) is 2.09. The van der Waals surface area contributed by atoms with E-state index in [1.54, 1.807) is 24.3 Å². The monoisotopic (exact) mass is 320 g/mol. The molecule has 0 spiro atoms. The van der Waals surface area contributed by atoms with E-state index in [1.165, 1.54) is 10.5 Å². The molecule has 1 atom stereocenters. The highest BCUT2D eigenvalue weighted by Crippen LogP contribution is 2.06. The van der Waals surface area contributed by atoms with Crippen LogP contribution in [0.15, 0.2) is 54.6 Å². The molecule has 0 saturated heterocycles. The maximum absolute atomic E-state index is 11.8. The number of halogens is 1. The topological polar surface area (TPSA) is 56.8 Å². The fraction of sp³-hybridized carbons (Fsp3) is 0.235. The Morgan fingerprint density at radius 3 is 2.36 bits per heavy atom. The highest BCUT2D eigenvalue weighted by molar-refractivity contribution is 5.89. The Kier molecular flexibility index (Phi) is 7.43. The van der Waals surface area contributed by atoms with Crippen LogP contribution < -0.4 is 23.0 Å². The summed E-state index contributed by atoms with van der Waals surface area (Å²) in [4.78, 5) is 13.1.